The maximum absolute atomic E-state index is 13.6. The molecule has 0 spiro atoms. The molecule has 178 valence electrons. The van der Waals surface area contributed by atoms with Gasteiger partial charge in [0.1, 0.15) is 12.1 Å². The molecule has 0 aromatic rings. The number of amides is 3. The number of nitrogens with zero attached hydrogens (tertiary/aromatic N) is 2. The number of rotatable bonds is 9. The smallest absolute Gasteiger partial charge is 0.241 e. The largest absolute Gasteiger partial charge is 0.370 e. The number of primary amides is 1. The van der Waals surface area contributed by atoms with Gasteiger partial charge in [-0.25, -0.2) is 0 Å². The van der Waals surface area contributed by atoms with Crippen molar-refractivity contribution in [1.29, 1.82) is 0 Å². The number of carbonyl (C=O) groups is 4. The van der Waals surface area contributed by atoms with Crippen molar-refractivity contribution in [2.24, 2.45) is 28.1 Å². The molecule has 32 heavy (non-hydrogen) atoms. The number of guanidine groups is 1. The van der Waals surface area contributed by atoms with E-state index < -0.39 is 29.6 Å². The minimum atomic E-state index is -0.906. The van der Waals surface area contributed by atoms with E-state index in [9.17, 15) is 19.2 Å². The summed E-state index contributed by atoms with van der Waals surface area (Å²) in [6.07, 6.45) is 2.04. The van der Waals surface area contributed by atoms with Crippen molar-refractivity contribution in [2.45, 2.75) is 69.2 Å². The van der Waals surface area contributed by atoms with Crippen LogP contribution < -0.4 is 33.2 Å². The van der Waals surface area contributed by atoms with Gasteiger partial charge in [-0.15, -0.1) is 0 Å². The second kappa shape index (κ2) is 9.41. The van der Waals surface area contributed by atoms with Crippen molar-refractivity contribution in [1.82, 2.24) is 20.9 Å². The van der Waals surface area contributed by atoms with E-state index in [4.69, 9.17) is 17.2 Å². The van der Waals surface area contributed by atoms with Crippen LogP contribution in [0.3, 0.4) is 0 Å². The number of hydrogen-bond donors (Lipinski definition) is 6. The lowest BCUT2D eigenvalue weighted by Gasteiger charge is -2.44. The molecular formula is C20H34N8O4. The Morgan fingerprint density at radius 2 is 1.78 bits per heavy atom. The molecule has 0 aromatic heterocycles. The number of nitrogens with one attached hydrogen (secondary N) is 3. The van der Waals surface area contributed by atoms with Crippen LogP contribution in [0.15, 0.2) is 4.99 Å². The lowest BCUT2D eigenvalue weighted by Crippen LogP contribution is -2.70. The number of ketones is 1. The highest BCUT2D eigenvalue weighted by atomic mass is 16.2. The predicted molar refractivity (Wildman–Crippen MR) is 117 cm³/mol. The molecule has 2 saturated heterocycles. The van der Waals surface area contributed by atoms with E-state index in [1.54, 1.807) is 4.90 Å². The fourth-order valence-electron chi connectivity index (χ4n) is 4.66. The van der Waals surface area contributed by atoms with E-state index in [2.05, 4.69) is 20.9 Å². The topological polar surface area (TPSA) is 198 Å². The second-order valence-corrected chi connectivity index (χ2v) is 9.17. The summed E-state index contributed by atoms with van der Waals surface area (Å²) < 4.78 is 0. The number of Topliss-reactive ketones (excluding diaryl/α,β-unsaturated/α-hetero) is 1. The van der Waals surface area contributed by atoms with Crippen LogP contribution in [0.25, 0.3) is 0 Å². The van der Waals surface area contributed by atoms with E-state index in [0.717, 1.165) is 0 Å². The number of piperazine rings is 2. The highest BCUT2D eigenvalue weighted by molar-refractivity contribution is 6.01. The van der Waals surface area contributed by atoms with Crippen molar-refractivity contribution in [3.8, 4) is 0 Å². The molecule has 3 fully saturated rings. The summed E-state index contributed by atoms with van der Waals surface area (Å²) in [5, 5.41) is 8.66. The van der Waals surface area contributed by atoms with Gasteiger partial charge < -0.3 is 33.2 Å². The third-order valence-electron chi connectivity index (χ3n) is 6.50. The summed E-state index contributed by atoms with van der Waals surface area (Å²) in [5.74, 6) is -1.30. The Bertz CT molecular complexity index is 805. The standard InChI is InChI=1S/C20H34N8O4/c1-10(2)14-18(32)26-11(8-25-14)15(29)20(5-6-20)28-9-12(16(21)30)27-17(31)13(28)4-3-7-24-19(22)23/h10-14,25H,3-9H2,1-2H3,(H2,21,30)(H,26,32)(H,27,31)(H4,22,23,24)/t11-,12-,13+,14+/m1/s1. The van der Waals surface area contributed by atoms with Gasteiger partial charge in [0, 0.05) is 19.6 Å². The quantitative estimate of drug-likeness (QED) is 0.121. The van der Waals surface area contributed by atoms with Gasteiger partial charge in [-0.1, -0.05) is 13.8 Å². The van der Waals surface area contributed by atoms with Gasteiger partial charge in [0.2, 0.25) is 17.7 Å². The number of hydrogen-bond acceptors (Lipinski definition) is 7. The van der Waals surface area contributed by atoms with Crippen LogP contribution in [0.4, 0.5) is 0 Å². The summed E-state index contributed by atoms with van der Waals surface area (Å²) in [5.41, 5.74) is 15.3. The third kappa shape index (κ3) is 4.85. The molecule has 9 N–H and O–H groups in total. The molecule has 1 aliphatic carbocycles. The molecule has 12 nitrogen and oxygen atoms in total. The summed E-state index contributed by atoms with van der Waals surface area (Å²) in [6, 6.07) is -2.55. The molecule has 0 radical (unpaired) electrons. The molecule has 2 heterocycles. The van der Waals surface area contributed by atoms with Gasteiger partial charge in [-0.05, 0) is 31.6 Å². The lowest BCUT2D eigenvalue weighted by atomic mass is 9.92. The summed E-state index contributed by atoms with van der Waals surface area (Å²) in [7, 11) is 0. The Morgan fingerprint density at radius 1 is 1.12 bits per heavy atom. The normalized spacial score (nSPS) is 29.7. The van der Waals surface area contributed by atoms with Gasteiger partial charge in [-0.2, -0.15) is 0 Å². The molecule has 0 unspecified atom stereocenters. The second-order valence-electron chi connectivity index (χ2n) is 9.17. The van der Waals surface area contributed by atoms with Crippen LogP contribution >= 0.6 is 0 Å². The van der Waals surface area contributed by atoms with E-state index >= 15 is 0 Å². The zero-order valence-electron chi connectivity index (χ0n) is 18.6. The Morgan fingerprint density at radius 3 is 2.31 bits per heavy atom. The monoisotopic (exact) mass is 450 g/mol. The summed E-state index contributed by atoms with van der Waals surface area (Å²) in [6.45, 7) is 4.68. The molecule has 1 saturated carbocycles. The van der Waals surface area contributed by atoms with Crippen LogP contribution in [0.5, 0.6) is 0 Å². The van der Waals surface area contributed by atoms with Gasteiger partial charge in [0.15, 0.2) is 11.7 Å². The molecule has 2 aliphatic heterocycles. The minimum Gasteiger partial charge on any atom is -0.370 e. The first-order valence-corrected chi connectivity index (χ1v) is 11.1. The Kier molecular flexibility index (Phi) is 7.03. The SMILES string of the molecule is CC(C)[C@@H]1NC[C@H](C(=O)C2(N3C[C@H](C(N)=O)NC(=O)[C@@H]3CCCN=C(N)N)CC2)NC1=O. The number of nitrogens with two attached hydrogens (primary N) is 3. The van der Waals surface area contributed by atoms with Crippen molar-refractivity contribution in [3.05, 3.63) is 0 Å². The minimum absolute atomic E-state index is 0.0298. The summed E-state index contributed by atoms with van der Waals surface area (Å²) in [4.78, 5) is 56.4. The van der Waals surface area contributed by atoms with Crippen molar-refractivity contribution in [2.75, 3.05) is 19.6 Å². The zero-order chi connectivity index (χ0) is 23.6. The molecule has 0 bridgehead atoms. The van der Waals surface area contributed by atoms with Gasteiger partial charge >= 0.3 is 0 Å². The van der Waals surface area contributed by atoms with Crippen LogP contribution in [-0.4, -0.2) is 83.7 Å². The number of aliphatic imine (C=N–C) groups is 1. The first-order chi connectivity index (χ1) is 15.1. The Hall–Kier alpha value is -2.73. The average molecular weight is 451 g/mol. The zero-order valence-corrected chi connectivity index (χ0v) is 18.6. The maximum Gasteiger partial charge on any atom is 0.241 e. The van der Waals surface area contributed by atoms with Gasteiger partial charge in [-0.3, -0.25) is 29.1 Å². The molecule has 12 heteroatoms. The Labute approximate surface area is 187 Å². The fourth-order valence-corrected chi connectivity index (χ4v) is 4.66. The van der Waals surface area contributed by atoms with Crippen LogP contribution in [0, 0.1) is 5.92 Å². The number of carbonyl (C=O) groups excluding carboxylic acids is 4. The molecule has 3 aliphatic rings. The molecule has 3 rings (SSSR count). The fraction of sp³-hybridized carbons (Fsp3) is 0.750. The molecule has 4 atom stereocenters. The first-order valence-electron chi connectivity index (χ1n) is 11.1. The van der Waals surface area contributed by atoms with Crippen LogP contribution in [-0.2, 0) is 19.2 Å². The van der Waals surface area contributed by atoms with Crippen LogP contribution in [0.1, 0.15) is 39.5 Å². The lowest BCUT2D eigenvalue weighted by molar-refractivity contribution is -0.144. The van der Waals surface area contributed by atoms with Crippen molar-refractivity contribution < 1.29 is 19.2 Å². The van der Waals surface area contributed by atoms with E-state index in [0.29, 0.717) is 38.8 Å². The maximum atomic E-state index is 13.6. The van der Waals surface area contributed by atoms with E-state index in [1.807, 2.05) is 13.8 Å². The van der Waals surface area contributed by atoms with Crippen molar-refractivity contribution >= 4 is 29.5 Å². The Balaban J connectivity index is 1.77. The average Bonchev–Trinajstić information content (AvgIpc) is 3.52. The van der Waals surface area contributed by atoms with Crippen LogP contribution in [0.2, 0.25) is 0 Å². The molecular weight excluding hydrogens is 416 g/mol. The molecule has 3 amide bonds. The molecule has 0 aromatic carbocycles. The highest BCUT2D eigenvalue weighted by Gasteiger charge is 2.60. The van der Waals surface area contributed by atoms with Crippen molar-refractivity contribution in [3.63, 3.8) is 0 Å². The van der Waals surface area contributed by atoms with E-state index in [1.165, 1.54) is 0 Å². The highest BCUT2D eigenvalue weighted by Crippen LogP contribution is 2.46. The van der Waals surface area contributed by atoms with Gasteiger partial charge in [0.05, 0.1) is 17.6 Å². The van der Waals surface area contributed by atoms with Gasteiger partial charge in [0.25, 0.3) is 0 Å². The first kappa shape index (κ1) is 23.9. The predicted octanol–water partition coefficient (Wildman–Crippen LogP) is -3.09. The third-order valence-corrected chi connectivity index (χ3v) is 6.50. The summed E-state index contributed by atoms with van der Waals surface area (Å²) >= 11 is 0. The van der Waals surface area contributed by atoms with E-state index in [-0.39, 0.29) is 42.1 Å².